The molecule has 70 valence electrons. The quantitative estimate of drug-likeness (QED) is 0.581. The molecular formula is C9H17NO2. The third-order valence-corrected chi connectivity index (χ3v) is 2.23. The van der Waals surface area contributed by atoms with Crippen LogP contribution >= 0.6 is 0 Å². The summed E-state index contributed by atoms with van der Waals surface area (Å²) >= 11 is 0. The molecule has 1 aliphatic heterocycles. The van der Waals surface area contributed by atoms with E-state index in [2.05, 4.69) is 0 Å². The third-order valence-electron chi connectivity index (χ3n) is 2.23. The van der Waals surface area contributed by atoms with Crippen molar-refractivity contribution < 1.29 is 9.53 Å². The van der Waals surface area contributed by atoms with E-state index in [0.29, 0.717) is 6.61 Å². The number of nitrogens with zero attached hydrogens (tertiary/aromatic N) is 1. The van der Waals surface area contributed by atoms with Crippen molar-refractivity contribution in [1.82, 2.24) is 4.90 Å². The van der Waals surface area contributed by atoms with E-state index in [-0.39, 0.29) is 5.41 Å². The molecule has 12 heavy (non-hydrogen) atoms. The van der Waals surface area contributed by atoms with Crippen LogP contribution in [0.5, 0.6) is 0 Å². The number of carbonyl (C=O) groups excluding carboxylic acids is 1. The molecule has 3 nitrogen and oxygen atoms in total. The van der Waals surface area contributed by atoms with Crippen molar-refractivity contribution in [2.45, 2.75) is 12.8 Å². The highest BCUT2D eigenvalue weighted by Crippen LogP contribution is 2.26. The second-order valence-corrected chi connectivity index (χ2v) is 3.87. The Morgan fingerprint density at radius 1 is 1.58 bits per heavy atom. The highest BCUT2D eigenvalue weighted by atomic mass is 16.5. The molecule has 0 radical (unpaired) electrons. The summed E-state index contributed by atoms with van der Waals surface area (Å²) in [5, 5.41) is 0. The Balaban J connectivity index is 2.53. The zero-order valence-electron chi connectivity index (χ0n) is 7.88. The van der Waals surface area contributed by atoms with Crippen LogP contribution in [-0.4, -0.2) is 45.0 Å². The first kappa shape index (κ1) is 9.68. The molecule has 0 bridgehead atoms. The molecule has 0 saturated carbocycles. The van der Waals surface area contributed by atoms with Crippen LogP contribution in [-0.2, 0) is 9.53 Å². The van der Waals surface area contributed by atoms with Gasteiger partial charge in [0.1, 0.15) is 6.29 Å². The lowest BCUT2D eigenvalue weighted by atomic mass is 9.84. The van der Waals surface area contributed by atoms with Crippen molar-refractivity contribution in [3.63, 3.8) is 0 Å². The summed E-state index contributed by atoms with van der Waals surface area (Å²) in [6.45, 7) is 2.20. The van der Waals surface area contributed by atoms with Gasteiger partial charge in [0.05, 0.1) is 12.0 Å². The average Bonchev–Trinajstić information content (AvgIpc) is 2.05. The number of carbonyl (C=O) groups is 1. The van der Waals surface area contributed by atoms with E-state index in [9.17, 15) is 4.79 Å². The fourth-order valence-corrected chi connectivity index (χ4v) is 1.76. The molecule has 0 N–H and O–H groups in total. The maximum absolute atomic E-state index is 10.9. The Labute approximate surface area is 73.7 Å². The van der Waals surface area contributed by atoms with E-state index < -0.39 is 0 Å². The van der Waals surface area contributed by atoms with Gasteiger partial charge in [0.15, 0.2) is 0 Å². The van der Waals surface area contributed by atoms with Gasteiger partial charge in [-0.15, -0.1) is 0 Å². The van der Waals surface area contributed by atoms with Gasteiger partial charge in [-0.2, -0.15) is 0 Å². The van der Waals surface area contributed by atoms with Crippen LogP contribution < -0.4 is 0 Å². The molecule has 0 aromatic carbocycles. The summed E-state index contributed by atoms with van der Waals surface area (Å²) in [6.07, 6.45) is 3.04. The Kier molecular flexibility index (Phi) is 3.23. The monoisotopic (exact) mass is 171 g/mol. The van der Waals surface area contributed by atoms with E-state index in [1.807, 2.05) is 19.0 Å². The number of aldehydes is 1. The van der Waals surface area contributed by atoms with Crippen molar-refractivity contribution in [3.8, 4) is 0 Å². The van der Waals surface area contributed by atoms with Gasteiger partial charge in [-0.25, -0.2) is 0 Å². The zero-order chi connectivity index (χ0) is 9.03. The van der Waals surface area contributed by atoms with E-state index in [1.54, 1.807) is 0 Å². The minimum absolute atomic E-state index is 0.234. The molecule has 1 saturated heterocycles. The summed E-state index contributed by atoms with van der Waals surface area (Å²) in [5.74, 6) is 0. The van der Waals surface area contributed by atoms with Crippen LogP contribution in [0.3, 0.4) is 0 Å². The summed E-state index contributed by atoms with van der Waals surface area (Å²) in [7, 11) is 3.97. The van der Waals surface area contributed by atoms with Gasteiger partial charge in [-0.1, -0.05) is 0 Å². The second kappa shape index (κ2) is 4.01. The minimum Gasteiger partial charge on any atom is -0.380 e. The molecule has 0 aliphatic carbocycles. The molecule has 0 aromatic heterocycles. The molecule has 0 aromatic rings. The van der Waals surface area contributed by atoms with Crippen LogP contribution in [0.15, 0.2) is 0 Å². The van der Waals surface area contributed by atoms with Gasteiger partial charge in [0.2, 0.25) is 0 Å². The summed E-state index contributed by atoms with van der Waals surface area (Å²) in [5.41, 5.74) is -0.234. The Morgan fingerprint density at radius 3 is 2.75 bits per heavy atom. The predicted octanol–water partition coefficient (Wildman–Crippen LogP) is 0.544. The maximum atomic E-state index is 10.9. The Hall–Kier alpha value is -0.410. The lowest BCUT2D eigenvalue weighted by molar-refractivity contribution is -0.125. The average molecular weight is 171 g/mol. The molecule has 1 aliphatic rings. The number of hydrogen-bond acceptors (Lipinski definition) is 3. The van der Waals surface area contributed by atoms with Crippen molar-refractivity contribution in [2.24, 2.45) is 5.41 Å². The van der Waals surface area contributed by atoms with Gasteiger partial charge in [-0.05, 0) is 26.9 Å². The Bertz CT molecular complexity index is 151. The lowest BCUT2D eigenvalue weighted by Crippen LogP contribution is -2.41. The molecule has 1 unspecified atom stereocenters. The van der Waals surface area contributed by atoms with Gasteiger partial charge in [0, 0.05) is 13.2 Å². The largest absolute Gasteiger partial charge is 0.380 e. The SMILES string of the molecule is CN(C)CC1(C=O)CCCOC1. The first-order valence-corrected chi connectivity index (χ1v) is 4.37. The highest BCUT2D eigenvalue weighted by molar-refractivity contribution is 5.60. The van der Waals surface area contributed by atoms with Crippen LogP contribution in [0, 0.1) is 5.41 Å². The van der Waals surface area contributed by atoms with Crippen molar-refractivity contribution in [1.29, 1.82) is 0 Å². The lowest BCUT2D eigenvalue weighted by Gasteiger charge is -2.33. The van der Waals surface area contributed by atoms with E-state index >= 15 is 0 Å². The highest BCUT2D eigenvalue weighted by Gasteiger charge is 2.32. The predicted molar refractivity (Wildman–Crippen MR) is 47.1 cm³/mol. The van der Waals surface area contributed by atoms with E-state index in [0.717, 1.165) is 32.3 Å². The molecule has 0 amide bonds. The first-order chi connectivity index (χ1) is 5.68. The van der Waals surface area contributed by atoms with Gasteiger partial charge in [-0.3, -0.25) is 0 Å². The smallest absolute Gasteiger partial charge is 0.129 e. The Morgan fingerprint density at radius 2 is 2.33 bits per heavy atom. The van der Waals surface area contributed by atoms with Gasteiger partial charge < -0.3 is 14.4 Å². The van der Waals surface area contributed by atoms with Crippen molar-refractivity contribution in [2.75, 3.05) is 33.9 Å². The molecule has 1 rings (SSSR count). The molecule has 1 atom stereocenters. The number of rotatable bonds is 3. The fraction of sp³-hybridized carbons (Fsp3) is 0.889. The number of hydrogen-bond donors (Lipinski definition) is 0. The summed E-state index contributed by atoms with van der Waals surface area (Å²) < 4.78 is 5.32. The summed E-state index contributed by atoms with van der Waals surface area (Å²) in [4.78, 5) is 13.0. The minimum atomic E-state index is -0.234. The molecule has 0 spiro atoms. The fourth-order valence-electron chi connectivity index (χ4n) is 1.76. The molecule has 1 heterocycles. The normalized spacial score (nSPS) is 30.6. The van der Waals surface area contributed by atoms with Crippen LogP contribution in [0.25, 0.3) is 0 Å². The van der Waals surface area contributed by atoms with Crippen molar-refractivity contribution in [3.05, 3.63) is 0 Å². The molecule has 1 fully saturated rings. The third kappa shape index (κ3) is 2.29. The van der Waals surface area contributed by atoms with E-state index in [1.165, 1.54) is 0 Å². The van der Waals surface area contributed by atoms with Crippen molar-refractivity contribution >= 4 is 6.29 Å². The van der Waals surface area contributed by atoms with E-state index in [4.69, 9.17) is 4.74 Å². The van der Waals surface area contributed by atoms with Gasteiger partial charge in [0.25, 0.3) is 0 Å². The van der Waals surface area contributed by atoms with Crippen LogP contribution in [0.4, 0.5) is 0 Å². The zero-order valence-corrected chi connectivity index (χ0v) is 7.88. The van der Waals surface area contributed by atoms with Crippen LogP contribution in [0.2, 0.25) is 0 Å². The number of ether oxygens (including phenoxy) is 1. The van der Waals surface area contributed by atoms with Gasteiger partial charge >= 0.3 is 0 Å². The first-order valence-electron chi connectivity index (χ1n) is 4.37. The summed E-state index contributed by atoms with van der Waals surface area (Å²) in [6, 6.07) is 0. The molecule has 3 heteroatoms. The maximum Gasteiger partial charge on any atom is 0.129 e. The molecular weight excluding hydrogens is 154 g/mol. The second-order valence-electron chi connectivity index (χ2n) is 3.87. The van der Waals surface area contributed by atoms with Crippen LogP contribution in [0.1, 0.15) is 12.8 Å². The topological polar surface area (TPSA) is 29.5 Å². The standard InChI is InChI=1S/C9H17NO2/c1-10(2)6-9(7-11)4-3-5-12-8-9/h7H,3-6,8H2,1-2H3.